The van der Waals surface area contributed by atoms with Crippen LogP contribution in [0.15, 0.2) is 47.8 Å². The van der Waals surface area contributed by atoms with Crippen LogP contribution in [0.3, 0.4) is 0 Å². The van der Waals surface area contributed by atoms with Gasteiger partial charge in [-0.2, -0.15) is 0 Å². The topological polar surface area (TPSA) is 88.5 Å². The molecule has 0 radical (unpaired) electrons. The lowest BCUT2D eigenvalue weighted by molar-refractivity contribution is 0.0699. The van der Waals surface area contributed by atoms with Crippen molar-refractivity contribution >= 4 is 61.4 Å². The van der Waals surface area contributed by atoms with Crippen molar-refractivity contribution < 1.29 is 19.4 Å². The number of methoxy groups -OCH3 is 1. The van der Waals surface area contributed by atoms with E-state index in [1.165, 1.54) is 11.3 Å². The summed E-state index contributed by atoms with van der Waals surface area (Å²) in [4.78, 5) is 28.9. The normalized spacial score (nSPS) is 10.8. The predicted molar refractivity (Wildman–Crippen MR) is 116 cm³/mol. The molecule has 0 spiro atoms. The number of carbonyl (C=O) groups is 2. The van der Waals surface area contributed by atoms with Crippen LogP contribution in [-0.4, -0.2) is 29.1 Å². The SMILES string of the molecule is COc1ccc2sc(C(=O)Nc3scc(-c4ccc(Cl)cc4)c3C(=O)O)nc2c1. The Kier molecular flexibility index (Phi) is 5.23. The van der Waals surface area contributed by atoms with Crippen LogP contribution < -0.4 is 10.1 Å². The van der Waals surface area contributed by atoms with Gasteiger partial charge in [-0.3, -0.25) is 4.79 Å². The molecule has 6 nitrogen and oxygen atoms in total. The summed E-state index contributed by atoms with van der Waals surface area (Å²) in [6.07, 6.45) is 0. The molecule has 0 aliphatic heterocycles. The minimum absolute atomic E-state index is 0.0356. The van der Waals surface area contributed by atoms with E-state index in [-0.39, 0.29) is 15.6 Å². The molecule has 9 heteroatoms. The summed E-state index contributed by atoms with van der Waals surface area (Å²) in [6.45, 7) is 0. The number of carboxylic acid groups (broad SMARTS) is 1. The zero-order valence-corrected chi connectivity index (χ0v) is 17.3. The van der Waals surface area contributed by atoms with Gasteiger partial charge in [-0.1, -0.05) is 23.7 Å². The van der Waals surface area contributed by atoms with Crippen LogP contribution in [0.1, 0.15) is 20.2 Å². The number of amides is 1. The molecule has 2 N–H and O–H groups in total. The summed E-state index contributed by atoms with van der Waals surface area (Å²) < 4.78 is 6.01. The van der Waals surface area contributed by atoms with Crippen LogP contribution in [0.2, 0.25) is 5.02 Å². The van der Waals surface area contributed by atoms with E-state index in [1.54, 1.807) is 48.9 Å². The highest BCUT2D eigenvalue weighted by molar-refractivity contribution is 7.20. The van der Waals surface area contributed by atoms with E-state index in [9.17, 15) is 14.7 Å². The molecule has 2 aromatic carbocycles. The van der Waals surface area contributed by atoms with Gasteiger partial charge in [0.15, 0.2) is 5.01 Å². The van der Waals surface area contributed by atoms with Crippen molar-refractivity contribution in [1.82, 2.24) is 4.98 Å². The minimum atomic E-state index is -1.12. The largest absolute Gasteiger partial charge is 0.497 e. The van der Waals surface area contributed by atoms with Crippen molar-refractivity contribution in [3.05, 3.63) is 63.4 Å². The summed E-state index contributed by atoms with van der Waals surface area (Å²) in [7, 11) is 1.56. The average Bonchev–Trinajstić information content (AvgIpc) is 3.32. The molecule has 0 saturated heterocycles. The number of halogens is 1. The van der Waals surface area contributed by atoms with E-state index < -0.39 is 11.9 Å². The van der Waals surface area contributed by atoms with Crippen molar-refractivity contribution in [3.63, 3.8) is 0 Å². The second-order valence-corrected chi connectivity index (χ2v) is 8.32. The van der Waals surface area contributed by atoms with Crippen molar-refractivity contribution in [1.29, 1.82) is 0 Å². The average molecular weight is 445 g/mol. The van der Waals surface area contributed by atoms with Crippen LogP contribution in [0.5, 0.6) is 5.75 Å². The molecular formula is C20H13ClN2O4S2. The highest BCUT2D eigenvalue weighted by Crippen LogP contribution is 2.36. The molecule has 2 aromatic heterocycles. The molecule has 146 valence electrons. The van der Waals surface area contributed by atoms with E-state index >= 15 is 0 Å². The molecule has 0 saturated carbocycles. The van der Waals surface area contributed by atoms with Gasteiger partial charge in [-0.15, -0.1) is 22.7 Å². The van der Waals surface area contributed by atoms with Gasteiger partial charge in [-0.25, -0.2) is 9.78 Å². The van der Waals surface area contributed by atoms with Crippen LogP contribution in [0.4, 0.5) is 5.00 Å². The number of fused-ring (bicyclic) bond motifs is 1. The smallest absolute Gasteiger partial charge is 0.339 e. The van der Waals surface area contributed by atoms with E-state index in [4.69, 9.17) is 16.3 Å². The van der Waals surface area contributed by atoms with Gasteiger partial charge < -0.3 is 15.2 Å². The van der Waals surface area contributed by atoms with E-state index in [2.05, 4.69) is 10.3 Å². The Morgan fingerprint density at radius 2 is 1.93 bits per heavy atom. The zero-order valence-electron chi connectivity index (χ0n) is 14.9. The first kappa shape index (κ1) is 19.4. The van der Waals surface area contributed by atoms with Gasteiger partial charge in [0.25, 0.3) is 5.91 Å². The first-order chi connectivity index (χ1) is 14.0. The lowest BCUT2D eigenvalue weighted by Gasteiger charge is -2.05. The van der Waals surface area contributed by atoms with E-state index in [0.29, 0.717) is 27.4 Å². The maximum Gasteiger partial charge on any atom is 0.339 e. The standard InChI is InChI=1S/C20H13ClN2O4S2/c1-27-12-6-7-15-14(8-12)22-19(29-15)17(24)23-18-16(20(25)26)13(9-28-18)10-2-4-11(21)5-3-10/h2-9H,1H3,(H,23,24)(H,25,26). The Morgan fingerprint density at radius 1 is 1.17 bits per heavy atom. The molecule has 0 fully saturated rings. The third-order valence-corrected chi connectivity index (χ3v) is 6.36. The lowest BCUT2D eigenvalue weighted by atomic mass is 10.0. The molecule has 1 amide bonds. The molecule has 0 atom stereocenters. The number of nitrogens with one attached hydrogen (secondary N) is 1. The maximum absolute atomic E-state index is 12.7. The number of thiazole rings is 1. The molecule has 2 heterocycles. The van der Waals surface area contributed by atoms with E-state index in [1.807, 2.05) is 6.07 Å². The van der Waals surface area contributed by atoms with Crippen LogP contribution in [0.25, 0.3) is 21.3 Å². The third-order valence-electron chi connectivity index (χ3n) is 4.18. The highest BCUT2D eigenvalue weighted by atomic mass is 35.5. The number of ether oxygens (including phenoxy) is 1. The van der Waals surface area contributed by atoms with Gasteiger partial charge in [0.1, 0.15) is 16.3 Å². The molecule has 0 unspecified atom stereocenters. The quantitative estimate of drug-likeness (QED) is 0.416. The molecule has 29 heavy (non-hydrogen) atoms. The van der Waals surface area contributed by atoms with Gasteiger partial charge in [0.2, 0.25) is 0 Å². The number of nitrogens with zero attached hydrogens (tertiary/aromatic N) is 1. The van der Waals surface area contributed by atoms with Gasteiger partial charge in [-0.05, 0) is 29.8 Å². The lowest BCUT2D eigenvalue weighted by Crippen LogP contribution is -2.13. The number of benzene rings is 2. The third kappa shape index (κ3) is 3.82. The Bertz CT molecular complexity index is 1230. The first-order valence-corrected chi connectivity index (χ1v) is 10.4. The van der Waals surface area contributed by atoms with Gasteiger partial charge >= 0.3 is 5.97 Å². The van der Waals surface area contributed by atoms with Crippen molar-refractivity contribution in [2.75, 3.05) is 12.4 Å². The Hall–Kier alpha value is -2.94. The van der Waals surface area contributed by atoms with Crippen molar-refractivity contribution in [3.8, 4) is 16.9 Å². The fourth-order valence-corrected chi connectivity index (χ4v) is 4.72. The van der Waals surface area contributed by atoms with Crippen LogP contribution in [-0.2, 0) is 0 Å². The molecule has 0 bridgehead atoms. The van der Waals surface area contributed by atoms with Gasteiger partial charge in [0.05, 0.1) is 17.3 Å². The fourth-order valence-electron chi connectivity index (χ4n) is 2.79. The fraction of sp³-hybridized carbons (Fsp3) is 0.0500. The molecule has 4 aromatic rings. The number of thiophene rings is 1. The second kappa shape index (κ2) is 7.82. The molecule has 0 aliphatic rings. The van der Waals surface area contributed by atoms with Crippen molar-refractivity contribution in [2.45, 2.75) is 0 Å². The minimum Gasteiger partial charge on any atom is -0.497 e. The first-order valence-electron chi connectivity index (χ1n) is 8.33. The van der Waals surface area contributed by atoms with E-state index in [0.717, 1.165) is 16.0 Å². The summed E-state index contributed by atoms with van der Waals surface area (Å²) in [5, 5.41) is 15.2. The van der Waals surface area contributed by atoms with Gasteiger partial charge in [0, 0.05) is 22.0 Å². The van der Waals surface area contributed by atoms with Crippen molar-refractivity contribution in [2.24, 2.45) is 0 Å². The Labute approximate surface area is 178 Å². The monoisotopic (exact) mass is 444 g/mol. The molecule has 0 aliphatic carbocycles. The molecule has 4 rings (SSSR count). The number of hydrogen-bond acceptors (Lipinski definition) is 6. The Morgan fingerprint density at radius 3 is 2.62 bits per heavy atom. The summed E-state index contributed by atoms with van der Waals surface area (Å²) in [6, 6.07) is 12.2. The number of carboxylic acids is 1. The highest BCUT2D eigenvalue weighted by Gasteiger charge is 2.22. The number of aromatic carboxylic acids is 1. The predicted octanol–water partition coefficient (Wildman–Crippen LogP) is 5.64. The van der Waals surface area contributed by atoms with Crippen LogP contribution in [0, 0.1) is 0 Å². The van der Waals surface area contributed by atoms with Crippen LogP contribution >= 0.6 is 34.3 Å². The summed E-state index contributed by atoms with van der Waals surface area (Å²) in [5.74, 6) is -0.938. The summed E-state index contributed by atoms with van der Waals surface area (Å²) in [5.41, 5.74) is 1.90. The number of hydrogen-bond donors (Lipinski definition) is 2. The number of anilines is 1. The number of aromatic nitrogens is 1. The zero-order chi connectivity index (χ0) is 20.5. The maximum atomic E-state index is 12.7. The Balaban J connectivity index is 1.66. The number of carbonyl (C=O) groups excluding carboxylic acids is 1. The number of rotatable bonds is 5. The second-order valence-electron chi connectivity index (χ2n) is 5.97. The molecular weight excluding hydrogens is 432 g/mol. The summed E-state index contributed by atoms with van der Waals surface area (Å²) >= 11 is 8.29.